The van der Waals surface area contributed by atoms with Gasteiger partial charge in [-0.15, -0.1) is 0 Å². The minimum atomic E-state index is -3.87. The van der Waals surface area contributed by atoms with Crippen molar-refractivity contribution < 1.29 is 18.0 Å². The number of carbonyl (C=O) groups is 2. The average molecular weight is 504 g/mol. The van der Waals surface area contributed by atoms with Gasteiger partial charge in [0.1, 0.15) is 0 Å². The van der Waals surface area contributed by atoms with Gasteiger partial charge < -0.3 is 10.2 Å². The Balaban J connectivity index is 1.50. The number of hydrogen-bond acceptors (Lipinski definition) is 4. The topological polar surface area (TPSA) is 86.8 Å². The molecule has 36 heavy (non-hydrogen) atoms. The number of likely N-dealkylation sites (N-methyl/N-ethyl adjacent to an activating group) is 1. The van der Waals surface area contributed by atoms with E-state index in [0.717, 1.165) is 17.5 Å². The van der Waals surface area contributed by atoms with E-state index < -0.39 is 10.0 Å². The monoisotopic (exact) mass is 503 g/mol. The number of para-hydroxylation sites is 1. The van der Waals surface area contributed by atoms with E-state index in [-0.39, 0.29) is 29.3 Å². The van der Waals surface area contributed by atoms with Crippen molar-refractivity contribution in [2.45, 2.75) is 23.8 Å². The molecule has 7 nitrogen and oxygen atoms in total. The lowest BCUT2D eigenvalue weighted by Crippen LogP contribution is -2.40. The lowest BCUT2D eigenvalue weighted by molar-refractivity contribution is -0.117. The number of sulfonamides is 1. The van der Waals surface area contributed by atoms with E-state index in [1.807, 2.05) is 42.5 Å². The minimum Gasteiger partial charge on any atom is -0.346 e. The summed E-state index contributed by atoms with van der Waals surface area (Å²) in [6, 6.07) is 22.8. The Morgan fingerprint density at radius 1 is 1.03 bits per heavy atom. The molecule has 1 N–H and O–H groups in total. The van der Waals surface area contributed by atoms with Gasteiger partial charge in [0, 0.05) is 25.7 Å². The molecular weight excluding hydrogens is 474 g/mol. The highest BCUT2D eigenvalue weighted by Crippen LogP contribution is 2.37. The molecule has 0 aliphatic carbocycles. The third-order valence-electron chi connectivity index (χ3n) is 6.32. The molecule has 1 unspecified atom stereocenters. The maximum Gasteiger partial charge on any atom is 0.264 e. The van der Waals surface area contributed by atoms with Gasteiger partial charge in [-0.05, 0) is 60.4 Å². The standard InChI is InChI=1S/C28H29N3O4S/c1-3-27(32)29-25-18-20-31(26-12-8-7-11-24(25)26)36(34,35)23-15-13-22(14-16-23)28(33)30(2)19-17-21-9-5-4-6-10-21/h3-16,25H,1,17-20H2,2H3,(H,29,32). The van der Waals surface area contributed by atoms with Gasteiger partial charge in [-0.3, -0.25) is 13.9 Å². The van der Waals surface area contributed by atoms with Crippen LogP contribution in [0.2, 0.25) is 0 Å². The van der Waals surface area contributed by atoms with Crippen LogP contribution in [0.4, 0.5) is 5.69 Å². The summed E-state index contributed by atoms with van der Waals surface area (Å²) in [5.74, 6) is -0.473. The van der Waals surface area contributed by atoms with Crippen molar-refractivity contribution in [1.82, 2.24) is 10.2 Å². The molecule has 1 heterocycles. The molecule has 0 saturated carbocycles. The number of carbonyl (C=O) groups excluding carboxylic acids is 2. The molecule has 2 amide bonds. The predicted octanol–water partition coefficient (Wildman–Crippen LogP) is 3.94. The number of nitrogens with zero attached hydrogens (tertiary/aromatic N) is 2. The van der Waals surface area contributed by atoms with Crippen LogP contribution in [-0.2, 0) is 21.2 Å². The van der Waals surface area contributed by atoms with Crippen molar-refractivity contribution in [2.75, 3.05) is 24.4 Å². The Kier molecular flexibility index (Phi) is 7.55. The summed E-state index contributed by atoms with van der Waals surface area (Å²) >= 11 is 0. The molecule has 3 aromatic rings. The number of amides is 2. The molecule has 0 radical (unpaired) electrons. The summed E-state index contributed by atoms with van der Waals surface area (Å²) < 4.78 is 28.4. The maximum absolute atomic E-state index is 13.5. The number of benzene rings is 3. The van der Waals surface area contributed by atoms with Crippen molar-refractivity contribution in [3.63, 3.8) is 0 Å². The van der Waals surface area contributed by atoms with Gasteiger partial charge in [-0.1, -0.05) is 55.1 Å². The van der Waals surface area contributed by atoms with E-state index in [1.54, 1.807) is 36.2 Å². The Morgan fingerprint density at radius 2 is 1.69 bits per heavy atom. The van der Waals surface area contributed by atoms with Crippen LogP contribution in [-0.4, -0.2) is 45.3 Å². The molecule has 4 rings (SSSR count). The van der Waals surface area contributed by atoms with Crippen LogP contribution in [0.15, 0.2) is 96.4 Å². The molecule has 0 bridgehead atoms. The minimum absolute atomic E-state index is 0.106. The van der Waals surface area contributed by atoms with E-state index in [4.69, 9.17) is 0 Å². The predicted molar refractivity (Wildman–Crippen MR) is 140 cm³/mol. The van der Waals surface area contributed by atoms with E-state index in [2.05, 4.69) is 11.9 Å². The Hall–Kier alpha value is -3.91. The van der Waals surface area contributed by atoms with Gasteiger partial charge in [0.25, 0.3) is 15.9 Å². The number of nitrogens with one attached hydrogen (secondary N) is 1. The highest BCUT2D eigenvalue weighted by atomic mass is 32.2. The fourth-order valence-electron chi connectivity index (χ4n) is 4.32. The number of rotatable bonds is 8. The molecule has 1 atom stereocenters. The van der Waals surface area contributed by atoms with E-state index in [1.165, 1.54) is 22.5 Å². The highest BCUT2D eigenvalue weighted by molar-refractivity contribution is 7.92. The van der Waals surface area contributed by atoms with Crippen molar-refractivity contribution in [3.05, 3.63) is 108 Å². The first-order valence-corrected chi connectivity index (χ1v) is 13.2. The fourth-order valence-corrected chi connectivity index (χ4v) is 5.83. The zero-order chi connectivity index (χ0) is 25.7. The lowest BCUT2D eigenvalue weighted by Gasteiger charge is -2.35. The third-order valence-corrected chi connectivity index (χ3v) is 8.15. The van der Waals surface area contributed by atoms with Crippen molar-refractivity contribution in [2.24, 2.45) is 0 Å². The lowest BCUT2D eigenvalue weighted by atomic mass is 9.98. The third kappa shape index (κ3) is 5.33. The molecule has 1 aliphatic heterocycles. The van der Waals surface area contributed by atoms with Gasteiger partial charge in [0.15, 0.2) is 0 Å². The van der Waals surface area contributed by atoms with Gasteiger partial charge in [-0.2, -0.15) is 0 Å². The smallest absolute Gasteiger partial charge is 0.264 e. The normalized spacial score (nSPS) is 15.0. The molecule has 0 saturated heterocycles. The highest BCUT2D eigenvalue weighted by Gasteiger charge is 2.33. The van der Waals surface area contributed by atoms with Crippen LogP contribution in [0, 0.1) is 0 Å². The van der Waals surface area contributed by atoms with Crippen molar-refractivity contribution >= 4 is 27.5 Å². The van der Waals surface area contributed by atoms with Gasteiger partial charge in [0.2, 0.25) is 5.91 Å². The first-order valence-electron chi connectivity index (χ1n) is 11.8. The Labute approximate surface area is 212 Å². The van der Waals surface area contributed by atoms with Crippen LogP contribution in [0.1, 0.15) is 33.9 Å². The van der Waals surface area contributed by atoms with Crippen LogP contribution < -0.4 is 9.62 Å². The summed E-state index contributed by atoms with van der Waals surface area (Å²) in [6.07, 6.45) is 2.37. The van der Waals surface area contributed by atoms with Gasteiger partial charge in [-0.25, -0.2) is 8.42 Å². The molecule has 8 heteroatoms. The Bertz CT molecular complexity index is 1360. The second kappa shape index (κ2) is 10.8. The van der Waals surface area contributed by atoms with E-state index in [9.17, 15) is 18.0 Å². The van der Waals surface area contributed by atoms with Gasteiger partial charge in [0.05, 0.1) is 16.6 Å². The molecule has 0 fully saturated rings. The zero-order valence-corrected chi connectivity index (χ0v) is 20.9. The molecule has 3 aromatic carbocycles. The average Bonchev–Trinajstić information content (AvgIpc) is 2.91. The van der Waals surface area contributed by atoms with Crippen LogP contribution >= 0.6 is 0 Å². The zero-order valence-electron chi connectivity index (χ0n) is 20.1. The quantitative estimate of drug-likeness (QED) is 0.472. The summed E-state index contributed by atoms with van der Waals surface area (Å²) in [4.78, 5) is 26.5. The summed E-state index contributed by atoms with van der Waals surface area (Å²) in [5.41, 5.74) is 2.83. The largest absolute Gasteiger partial charge is 0.346 e. The van der Waals surface area contributed by atoms with Crippen molar-refractivity contribution in [3.8, 4) is 0 Å². The first kappa shape index (κ1) is 25.2. The molecule has 1 aliphatic rings. The molecular formula is C28H29N3O4S. The molecule has 186 valence electrons. The summed E-state index contributed by atoms with van der Waals surface area (Å²) in [6.45, 7) is 4.25. The maximum atomic E-state index is 13.5. The Morgan fingerprint density at radius 3 is 2.39 bits per heavy atom. The number of fused-ring (bicyclic) bond motifs is 1. The number of anilines is 1. The van der Waals surface area contributed by atoms with Crippen LogP contribution in [0.3, 0.4) is 0 Å². The molecule has 0 spiro atoms. The number of hydrogen-bond donors (Lipinski definition) is 1. The SMILES string of the molecule is C=CC(=O)NC1CCN(S(=O)(=O)c2ccc(C(=O)N(C)CCc3ccccc3)cc2)c2ccccc21. The summed E-state index contributed by atoms with van der Waals surface area (Å²) in [7, 11) is -2.13. The van der Waals surface area contributed by atoms with Crippen LogP contribution in [0.25, 0.3) is 0 Å². The van der Waals surface area contributed by atoms with Crippen molar-refractivity contribution in [1.29, 1.82) is 0 Å². The van der Waals surface area contributed by atoms with Gasteiger partial charge >= 0.3 is 0 Å². The first-order chi connectivity index (χ1) is 17.3. The second-order valence-corrected chi connectivity index (χ2v) is 10.5. The second-order valence-electron chi connectivity index (χ2n) is 8.68. The fraction of sp³-hybridized carbons (Fsp3) is 0.214. The van der Waals surface area contributed by atoms with E-state index >= 15 is 0 Å². The van der Waals surface area contributed by atoms with E-state index in [0.29, 0.717) is 24.2 Å². The van der Waals surface area contributed by atoms with Crippen LogP contribution in [0.5, 0.6) is 0 Å². The summed E-state index contributed by atoms with van der Waals surface area (Å²) in [5, 5.41) is 2.87. The molecule has 0 aromatic heterocycles.